The van der Waals surface area contributed by atoms with Crippen LogP contribution in [0.2, 0.25) is 0 Å². The fourth-order valence-corrected chi connectivity index (χ4v) is 2.81. The Morgan fingerprint density at radius 3 is 2.80 bits per heavy atom. The van der Waals surface area contributed by atoms with E-state index in [1.54, 1.807) is 12.5 Å². The van der Waals surface area contributed by atoms with Gasteiger partial charge in [-0.25, -0.2) is 15.0 Å². The van der Waals surface area contributed by atoms with Gasteiger partial charge in [-0.2, -0.15) is 0 Å². The molecule has 5 heteroatoms. The van der Waals surface area contributed by atoms with Crippen LogP contribution in [0.25, 0.3) is 10.9 Å². The minimum Gasteiger partial charge on any atom is -0.324 e. The van der Waals surface area contributed by atoms with Crippen LogP contribution in [-0.4, -0.2) is 15.0 Å². The molecule has 20 heavy (non-hydrogen) atoms. The molecule has 3 rings (SSSR count). The van der Waals surface area contributed by atoms with Gasteiger partial charge in [-0.05, 0) is 42.4 Å². The smallest absolute Gasteiger partial charge is 0.117 e. The molecule has 3 aromatic rings. The maximum Gasteiger partial charge on any atom is 0.117 e. The van der Waals surface area contributed by atoms with Crippen molar-refractivity contribution < 1.29 is 0 Å². The lowest BCUT2D eigenvalue weighted by atomic mass is 10.1. The van der Waals surface area contributed by atoms with E-state index in [2.05, 4.69) is 15.0 Å². The third-order valence-electron chi connectivity index (χ3n) is 2.99. The molecule has 0 aliphatic rings. The number of benzene rings is 1. The molecule has 0 aliphatic heterocycles. The van der Waals surface area contributed by atoms with Crippen LogP contribution in [0, 0.1) is 0 Å². The van der Waals surface area contributed by atoms with E-state index >= 15 is 0 Å². The van der Waals surface area contributed by atoms with Crippen LogP contribution in [0.4, 0.5) is 0 Å². The Morgan fingerprint density at radius 1 is 1.10 bits per heavy atom. The highest BCUT2D eigenvalue weighted by Crippen LogP contribution is 2.30. The zero-order valence-corrected chi connectivity index (χ0v) is 11.8. The summed E-state index contributed by atoms with van der Waals surface area (Å²) in [4.78, 5) is 13.0. The Kier molecular flexibility index (Phi) is 3.62. The molecular weight excluding hydrogens is 268 g/mol. The largest absolute Gasteiger partial charge is 0.324 e. The Bertz CT molecular complexity index is 737. The first-order chi connectivity index (χ1) is 9.74. The van der Waals surface area contributed by atoms with Gasteiger partial charge in [0.1, 0.15) is 16.4 Å². The molecule has 0 bridgehead atoms. The van der Waals surface area contributed by atoms with Gasteiger partial charge in [0, 0.05) is 17.6 Å². The standard InChI is InChI=1S/C15H14N4S/c1-10(16)11-6-7-17-14(8-11)20-15-12-4-2-3-5-13(12)18-9-19-15/h2-10H,16H2,1H3/t10-/m0/s1. The summed E-state index contributed by atoms with van der Waals surface area (Å²) in [6.45, 7) is 1.96. The lowest BCUT2D eigenvalue weighted by molar-refractivity contribution is 0.808. The second-order valence-electron chi connectivity index (χ2n) is 4.51. The molecule has 0 fully saturated rings. The van der Waals surface area contributed by atoms with Crippen LogP contribution in [0.1, 0.15) is 18.5 Å². The number of nitrogens with two attached hydrogens (primary N) is 1. The van der Waals surface area contributed by atoms with Crippen molar-refractivity contribution in [2.75, 3.05) is 0 Å². The molecule has 0 spiro atoms. The van der Waals surface area contributed by atoms with Gasteiger partial charge in [0.15, 0.2) is 0 Å². The van der Waals surface area contributed by atoms with Gasteiger partial charge in [-0.3, -0.25) is 0 Å². The van der Waals surface area contributed by atoms with Crippen molar-refractivity contribution in [2.45, 2.75) is 23.0 Å². The predicted octanol–water partition coefficient (Wildman–Crippen LogP) is 3.20. The monoisotopic (exact) mass is 282 g/mol. The van der Waals surface area contributed by atoms with Crippen molar-refractivity contribution in [3.8, 4) is 0 Å². The molecule has 2 heterocycles. The number of pyridine rings is 1. The number of aromatic nitrogens is 3. The van der Waals surface area contributed by atoms with Crippen LogP contribution < -0.4 is 5.73 Å². The average Bonchev–Trinajstić information content (AvgIpc) is 2.48. The highest BCUT2D eigenvalue weighted by Gasteiger charge is 2.07. The van der Waals surface area contributed by atoms with Gasteiger partial charge in [0.25, 0.3) is 0 Å². The lowest BCUT2D eigenvalue weighted by Gasteiger charge is -2.07. The zero-order chi connectivity index (χ0) is 13.9. The Morgan fingerprint density at radius 2 is 1.95 bits per heavy atom. The minimum absolute atomic E-state index is 0.000469. The highest BCUT2D eigenvalue weighted by molar-refractivity contribution is 7.99. The normalized spacial score (nSPS) is 12.5. The van der Waals surface area contributed by atoms with Gasteiger partial charge in [-0.15, -0.1) is 0 Å². The van der Waals surface area contributed by atoms with Crippen LogP contribution in [0.15, 0.2) is 59.0 Å². The van der Waals surface area contributed by atoms with E-state index in [-0.39, 0.29) is 6.04 Å². The molecule has 2 aromatic heterocycles. The summed E-state index contributed by atoms with van der Waals surface area (Å²) in [5.74, 6) is 0. The topological polar surface area (TPSA) is 64.7 Å². The molecule has 100 valence electrons. The zero-order valence-electron chi connectivity index (χ0n) is 11.0. The van der Waals surface area contributed by atoms with Gasteiger partial charge in [0.05, 0.1) is 5.52 Å². The van der Waals surface area contributed by atoms with E-state index in [0.29, 0.717) is 0 Å². The number of nitrogens with zero attached hydrogens (tertiary/aromatic N) is 3. The molecule has 4 nitrogen and oxygen atoms in total. The number of fused-ring (bicyclic) bond motifs is 1. The number of rotatable bonds is 3. The molecule has 1 aromatic carbocycles. The molecular formula is C15H14N4S. The van der Waals surface area contributed by atoms with Crippen molar-refractivity contribution in [1.29, 1.82) is 0 Å². The van der Waals surface area contributed by atoms with Crippen molar-refractivity contribution >= 4 is 22.7 Å². The van der Waals surface area contributed by atoms with Gasteiger partial charge in [0.2, 0.25) is 0 Å². The first kappa shape index (κ1) is 13.0. The maximum absolute atomic E-state index is 5.90. The van der Waals surface area contributed by atoms with E-state index in [1.807, 2.05) is 43.3 Å². The average molecular weight is 282 g/mol. The van der Waals surface area contributed by atoms with Crippen molar-refractivity contribution in [2.24, 2.45) is 5.73 Å². The Balaban J connectivity index is 1.99. The molecule has 2 N–H and O–H groups in total. The third-order valence-corrected chi connectivity index (χ3v) is 3.94. The summed E-state index contributed by atoms with van der Waals surface area (Å²) in [5.41, 5.74) is 7.91. The maximum atomic E-state index is 5.90. The molecule has 1 atom stereocenters. The summed E-state index contributed by atoms with van der Waals surface area (Å²) in [6.07, 6.45) is 3.37. The molecule has 0 unspecified atom stereocenters. The third kappa shape index (κ3) is 2.64. The fraction of sp³-hybridized carbons (Fsp3) is 0.133. The second kappa shape index (κ2) is 5.56. The quantitative estimate of drug-likeness (QED) is 0.747. The summed E-state index contributed by atoms with van der Waals surface area (Å²) in [6, 6.07) is 11.9. The fourth-order valence-electron chi connectivity index (χ4n) is 1.92. The highest BCUT2D eigenvalue weighted by atomic mass is 32.2. The van der Waals surface area contributed by atoms with E-state index in [0.717, 1.165) is 26.5 Å². The van der Waals surface area contributed by atoms with Gasteiger partial charge < -0.3 is 5.73 Å². The predicted molar refractivity (Wildman–Crippen MR) is 80.5 cm³/mol. The van der Waals surface area contributed by atoms with E-state index in [1.165, 1.54) is 11.8 Å². The Labute approximate surface area is 121 Å². The van der Waals surface area contributed by atoms with Crippen molar-refractivity contribution in [3.05, 3.63) is 54.5 Å². The van der Waals surface area contributed by atoms with E-state index < -0.39 is 0 Å². The number of hydrogen-bond donors (Lipinski definition) is 1. The lowest BCUT2D eigenvalue weighted by Crippen LogP contribution is -2.05. The molecule has 0 amide bonds. The van der Waals surface area contributed by atoms with E-state index in [9.17, 15) is 0 Å². The minimum atomic E-state index is -0.000469. The number of para-hydroxylation sites is 1. The summed E-state index contributed by atoms with van der Waals surface area (Å²) in [7, 11) is 0. The van der Waals surface area contributed by atoms with Crippen LogP contribution >= 0.6 is 11.8 Å². The SMILES string of the molecule is C[C@H](N)c1ccnc(Sc2ncnc3ccccc23)c1. The summed E-state index contributed by atoms with van der Waals surface area (Å²) < 4.78 is 0. The summed E-state index contributed by atoms with van der Waals surface area (Å²) in [5, 5.41) is 2.83. The van der Waals surface area contributed by atoms with Gasteiger partial charge in [-0.1, -0.05) is 18.2 Å². The van der Waals surface area contributed by atoms with Crippen LogP contribution in [-0.2, 0) is 0 Å². The molecule has 0 aliphatic carbocycles. The second-order valence-corrected chi connectivity index (χ2v) is 5.52. The molecule has 0 radical (unpaired) electrons. The van der Waals surface area contributed by atoms with Crippen molar-refractivity contribution in [3.63, 3.8) is 0 Å². The molecule has 0 saturated carbocycles. The number of hydrogen-bond acceptors (Lipinski definition) is 5. The van der Waals surface area contributed by atoms with E-state index in [4.69, 9.17) is 5.73 Å². The first-order valence-corrected chi connectivity index (χ1v) is 7.15. The van der Waals surface area contributed by atoms with Crippen molar-refractivity contribution in [1.82, 2.24) is 15.0 Å². The first-order valence-electron chi connectivity index (χ1n) is 6.33. The summed E-state index contributed by atoms with van der Waals surface area (Å²) >= 11 is 1.53. The molecule has 0 saturated heterocycles. The van der Waals surface area contributed by atoms with Crippen LogP contribution in [0.5, 0.6) is 0 Å². The van der Waals surface area contributed by atoms with Gasteiger partial charge >= 0.3 is 0 Å². The Hall–Kier alpha value is -1.98. The van der Waals surface area contributed by atoms with Crippen LogP contribution in [0.3, 0.4) is 0 Å².